The maximum atomic E-state index is 11.0. The van der Waals surface area contributed by atoms with Gasteiger partial charge in [-0.15, -0.1) is 0 Å². The second-order valence-electron chi connectivity index (χ2n) is 7.02. The Labute approximate surface area is 148 Å². The van der Waals surface area contributed by atoms with Crippen LogP contribution in [0.3, 0.4) is 0 Å². The highest BCUT2D eigenvalue weighted by atomic mass is 16.4. The molecule has 0 saturated heterocycles. The van der Waals surface area contributed by atoms with Gasteiger partial charge < -0.3 is 15.3 Å². The summed E-state index contributed by atoms with van der Waals surface area (Å²) in [5.74, 6) is 0.0131. The normalized spacial score (nSPS) is 11.6. The molecule has 0 heterocycles. The second-order valence-corrected chi connectivity index (χ2v) is 7.02. The van der Waals surface area contributed by atoms with Crippen molar-refractivity contribution in [3.05, 3.63) is 59.7 Å². The van der Waals surface area contributed by atoms with E-state index in [4.69, 9.17) is 5.11 Å². The van der Waals surface area contributed by atoms with Crippen LogP contribution >= 0.6 is 0 Å². The van der Waals surface area contributed by atoms with Crippen LogP contribution in [0.4, 0.5) is 0 Å². The summed E-state index contributed by atoms with van der Waals surface area (Å²) in [6.07, 6.45) is 2.22. The second kappa shape index (κ2) is 8.06. The van der Waals surface area contributed by atoms with Gasteiger partial charge in [0, 0.05) is 11.8 Å². The van der Waals surface area contributed by atoms with Gasteiger partial charge in [0.25, 0.3) is 0 Å². The van der Waals surface area contributed by atoms with E-state index in [1.165, 1.54) is 0 Å². The van der Waals surface area contributed by atoms with Gasteiger partial charge in [0.15, 0.2) is 0 Å². The summed E-state index contributed by atoms with van der Waals surface area (Å²) in [5, 5.41) is 28.3. The molecule has 2 aromatic rings. The molecule has 0 aromatic heterocycles. The summed E-state index contributed by atoms with van der Waals surface area (Å²) in [7, 11) is 0. The fourth-order valence-corrected chi connectivity index (χ4v) is 3.59. The van der Waals surface area contributed by atoms with Crippen LogP contribution in [-0.2, 0) is 10.2 Å². The molecule has 134 valence electrons. The minimum absolute atomic E-state index is 0.121. The van der Waals surface area contributed by atoms with Crippen molar-refractivity contribution in [2.24, 2.45) is 5.92 Å². The fourth-order valence-electron chi connectivity index (χ4n) is 3.59. The molecular weight excluding hydrogens is 316 g/mol. The first-order valence-electron chi connectivity index (χ1n) is 8.64. The van der Waals surface area contributed by atoms with E-state index in [-0.39, 0.29) is 23.3 Å². The number of carbonyl (C=O) groups is 1. The van der Waals surface area contributed by atoms with Crippen molar-refractivity contribution in [2.75, 3.05) is 0 Å². The van der Waals surface area contributed by atoms with E-state index < -0.39 is 5.97 Å². The van der Waals surface area contributed by atoms with Crippen LogP contribution in [-0.4, -0.2) is 21.3 Å². The molecule has 2 aromatic carbocycles. The Morgan fingerprint density at radius 1 is 0.920 bits per heavy atom. The summed E-state index contributed by atoms with van der Waals surface area (Å²) < 4.78 is 0. The first-order chi connectivity index (χ1) is 11.8. The molecule has 0 aliphatic carbocycles. The van der Waals surface area contributed by atoms with Crippen LogP contribution in [0.25, 0.3) is 0 Å². The molecular formula is C21H26O4. The third kappa shape index (κ3) is 4.75. The van der Waals surface area contributed by atoms with E-state index in [1.807, 2.05) is 24.3 Å². The number of hydrogen-bond donors (Lipinski definition) is 3. The Hall–Kier alpha value is -2.49. The van der Waals surface area contributed by atoms with E-state index in [1.54, 1.807) is 24.3 Å². The lowest BCUT2D eigenvalue weighted by atomic mass is 9.66. The van der Waals surface area contributed by atoms with Crippen LogP contribution in [0.5, 0.6) is 11.5 Å². The first-order valence-corrected chi connectivity index (χ1v) is 8.64. The van der Waals surface area contributed by atoms with Crippen molar-refractivity contribution in [3.63, 3.8) is 0 Å². The summed E-state index contributed by atoms with van der Waals surface area (Å²) in [6, 6.07) is 14.3. The molecule has 2 rings (SSSR count). The molecule has 4 nitrogen and oxygen atoms in total. The van der Waals surface area contributed by atoms with E-state index in [0.29, 0.717) is 18.8 Å². The molecule has 25 heavy (non-hydrogen) atoms. The quantitative estimate of drug-likeness (QED) is 0.650. The molecule has 0 radical (unpaired) electrons. The topological polar surface area (TPSA) is 77.8 Å². The highest BCUT2D eigenvalue weighted by Crippen LogP contribution is 2.43. The predicted octanol–water partition coefficient (Wildman–Crippen LogP) is 4.68. The smallest absolute Gasteiger partial charge is 0.303 e. The molecule has 0 aliphatic rings. The third-order valence-corrected chi connectivity index (χ3v) is 4.59. The zero-order valence-corrected chi connectivity index (χ0v) is 14.8. The molecule has 0 unspecified atom stereocenters. The average Bonchev–Trinajstić information content (AvgIpc) is 2.54. The molecule has 3 N–H and O–H groups in total. The van der Waals surface area contributed by atoms with Gasteiger partial charge in [-0.25, -0.2) is 0 Å². The van der Waals surface area contributed by atoms with E-state index in [9.17, 15) is 15.0 Å². The van der Waals surface area contributed by atoms with Gasteiger partial charge in [-0.1, -0.05) is 38.1 Å². The summed E-state index contributed by atoms with van der Waals surface area (Å²) in [4.78, 5) is 11.0. The van der Waals surface area contributed by atoms with Gasteiger partial charge in [0.2, 0.25) is 0 Å². The molecule has 0 spiro atoms. The Kier molecular flexibility index (Phi) is 6.07. The Morgan fingerprint density at radius 2 is 1.36 bits per heavy atom. The van der Waals surface area contributed by atoms with Crippen LogP contribution < -0.4 is 0 Å². The zero-order valence-electron chi connectivity index (χ0n) is 14.8. The van der Waals surface area contributed by atoms with Gasteiger partial charge in [0.05, 0.1) is 0 Å². The van der Waals surface area contributed by atoms with Crippen molar-refractivity contribution in [1.29, 1.82) is 0 Å². The van der Waals surface area contributed by atoms with Gasteiger partial charge >= 0.3 is 5.97 Å². The van der Waals surface area contributed by atoms with E-state index in [0.717, 1.165) is 17.5 Å². The number of benzene rings is 2. The van der Waals surface area contributed by atoms with Crippen molar-refractivity contribution >= 4 is 5.97 Å². The minimum Gasteiger partial charge on any atom is -0.508 e. The van der Waals surface area contributed by atoms with Gasteiger partial charge in [-0.3, -0.25) is 4.79 Å². The number of carboxylic acids is 1. The average molecular weight is 342 g/mol. The fraction of sp³-hybridized carbons (Fsp3) is 0.381. The maximum absolute atomic E-state index is 11.0. The van der Waals surface area contributed by atoms with E-state index in [2.05, 4.69) is 13.8 Å². The van der Waals surface area contributed by atoms with Crippen molar-refractivity contribution in [3.8, 4) is 11.5 Å². The lowest BCUT2D eigenvalue weighted by Gasteiger charge is -2.37. The zero-order chi connectivity index (χ0) is 18.4. The molecule has 4 heteroatoms. The highest BCUT2D eigenvalue weighted by molar-refractivity contribution is 5.66. The molecule has 0 aliphatic heterocycles. The van der Waals surface area contributed by atoms with Crippen LogP contribution in [0.1, 0.15) is 50.7 Å². The van der Waals surface area contributed by atoms with Crippen LogP contribution in [0.15, 0.2) is 48.5 Å². The van der Waals surface area contributed by atoms with Crippen molar-refractivity contribution < 1.29 is 20.1 Å². The first kappa shape index (κ1) is 18.8. The van der Waals surface area contributed by atoms with E-state index >= 15 is 0 Å². The van der Waals surface area contributed by atoms with Crippen molar-refractivity contribution in [2.45, 2.75) is 44.9 Å². The SMILES string of the molecule is CC(C)CC(CCCC(=O)O)(c1ccc(O)cc1)c1ccc(O)cc1. The number of rotatable bonds is 8. The predicted molar refractivity (Wildman–Crippen MR) is 97.9 cm³/mol. The monoisotopic (exact) mass is 342 g/mol. The third-order valence-electron chi connectivity index (χ3n) is 4.59. The largest absolute Gasteiger partial charge is 0.508 e. The number of aromatic hydroxyl groups is 2. The van der Waals surface area contributed by atoms with Crippen molar-refractivity contribution in [1.82, 2.24) is 0 Å². The van der Waals surface area contributed by atoms with Gasteiger partial charge in [-0.2, -0.15) is 0 Å². The lowest BCUT2D eigenvalue weighted by molar-refractivity contribution is -0.137. The molecule has 0 amide bonds. The number of phenolic OH excluding ortho intramolecular Hbond substituents is 2. The summed E-state index contributed by atoms with van der Waals surface area (Å²) >= 11 is 0. The van der Waals surface area contributed by atoms with Gasteiger partial charge in [-0.05, 0) is 60.6 Å². The Morgan fingerprint density at radius 3 is 1.72 bits per heavy atom. The number of hydrogen-bond acceptors (Lipinski definition) is 3. The Bertz CT molecular complexity index is 641. The van der Waals surface area contributed by atoms with Crippen LogP contribution in [0.2, 0.25) is 0 Å². The summed E-state index contributed by atoms with van der Waals surface area (Å²) in [5.41, 5.74) is 1.75. The summed E-state index contributed by atoms with van der Waals surface area (Å²) in [6.45, 7) is 4.29. The minimum atomic E-state index is -0.796. The Balaban J connectivity index is 2.52. The number of aliphatic carboxylic acids is 1. The standard InChI is InChI=1S/C21H26O4/c1-15(2)14-21(13-3-4-20(24)25,16-5-9-18(22)10-6-16)17-7-11-19(23)12-8-17/h5-12,15,22-23H,3-4,13-14H2,1-2H3,(H,24,25). The lowest BCUT2D eigenvalue weighted by Crippen LogP contribution is -2.30. The molecule has 0 fully saturated rings. The molecule has 0 atom stereocenters. The molecule has 0 saturated carbocycles. The van der Waals surface area contributed by atoms with Crippen LogP contribution in [0, 0.1) is 5.92 Å². The maximum Gasteiger partial charge on any atom is 0.303 e. The number of carboxylic acid groups (broad SMARTS) is 1. The highest BCUT2D eigenvalue weighted by Gasteiger charge is 2.34. The number of phenols is 2. The molecule has 0 bridgehead atoms. The van der Waals surface area contributed by atoms with Gasteiger partial charge in [0.1, 0.15) is 11.5 Å².